The molecule has 0 atom stereocenters. The zero-order chi connectivity index (χ0) is 11.5. The van der Waals surface area contributed by atoms with Crippen molar-refractivity contribution >= 4 is 5.97 Å². The maximum absolute atomic E-state index is 11.3. The minimum absolute atomic E-state index is 0.547. The summed E-state index contributed by atoms with van der Waals surface area (Å²) in [5, 5.41) is 9.33. The Balaban J connectivity index is 2.09. The summed E-state index contributed by atoms with van der Waals surface area (Å²) >= 11 is 0. The van der Waals surface area contributed by atoms with Crippen molar-refractivity contribution in [2.24, 2.45) is 0 Å². The minimum atomic E-state index is -0.649. The fraction of sp³-hybridized carbons (Fsp3) is 0.615. The number of carboxylic acid groups (broad SMARTS) is 1. The summed E-state index contributed by atoms with van der Waals surface area (Å²) in [6, 6.07) is 2.73. The van der Waals surface area contributed by atoms with Gasteiger partial charge in [-0.2, -0.15) is 0 Å². The molecule has 2 fully saturated rings. The Kier molecular flexibility index (Phi) is 1.80. The summed E-state index contributed by atoms with van der Waals surface area (Å²) in [6.07, 6.45) is 4.10. The van der Waals surface area contributed by atoms with Gasteiger partial charge in [0.05, 0.1) is 5.41 Å². The highest BCUT2D eigenvalue weighted by Crippen LogP contribution is 2.51. The number of carbonyl (C=O) groups is 1. The Hall–Kier alpha value is -1.25. The smallest absolute Gasteiger partial charge is 0.314 e. The third-order valence-corrected chi connectivity index (χ3v) is 4.07. The number of hydrogen-bond donors (Lipinski definition) is 1. The van der Waals surface area contributed by atoms with Crippen molar-refractivity contribution in [3.63, 3.8) is 0 Å². The molecular formula is C13H17NO2. The first-order valence-corrected chi connectivity index (χ1v) is 5.98. The number of carboxylic acids is 1. The molecule has 0 aromatic carbocycles. The zero-order valence-electron chi connectivity index (χ0n) is 9.79. The normalized spacial score (nSPS) is 22.1. The van der Waals surface area contributed by atoms with Crippen LogP contribution in [-0.2, 0) is 10.2 Å². The molecule has 2 aliphatic carbocycles. The van der Waals surface area contributed by atoms with E-state index in [1.807, 2.05) is 0 Å². The first kappa shape index (κ1) is 9.94. The van der Waals surface area contributed by atoms with Gasteiger partial charge in [-0.15, -0.1) is 0 Å². The van der Waals surface area contributed by atoms with E-state index in [2.05, 4.69) is 24.5 Å². The molecule has 1 N–H and O–H groups in total. The van der Waals surface area contributed by atoms with Crippen LogP contribution in [0.15, 0.2) is 6.07 Å². The molecule has 3 heteroatoms. The van der Waals surface area contributed by atoms with Gasteiger partial charge in [0, 0.05) is 17.4 Å². The Morgan fingerprint density at radius 3 is 2.50 bits per heavy atom. The second-order valence-electron chi connectivity index (χ2n) is 5.27. The highest BCUT2D eigenvalue weighted by Gasteiger charge is 2.53. The van der Waals surface area contributed by atoms with E-state index in [0.717, 1.165) is 18.4 Å². The first-order chi connectivity index (χ1) is 7.56. The molecule has 0 aliphatic heterocycles. The van der Waals surface area contributed by atoms with E-state index in [9.17, 15) is 9.90 Å². The summed E-state index contributed by atoms with van der Waals surface area (Å²) in [5.41, 5.74) is 2.92. The molecule has 1 aromatic heterocycles. The molecule has 3 rings (SSSR count). The van der Waals surface area contributed by atoms with Crippen molar-refractivity contribution in [1.82, 2.24) is 4.57 Å². The fourth-order valence-electron chi connectivity index (χ4n) is 2.88. The third kappa shape index (κ3) is 1.17. The van der Waals surface area contributed by atoms with Crippen LogP contribution in [0.1, 0.15) is 48.7 Å². The van der Waals surface area contributed by atoms with E-state index >= 15 is 0 Å². The number of hydrogen-bond acceptors (Lipinski definition) is 1. The summed E-state index contributed by atoms with van der Waals surface area (Å²) in [5.74, 6) is -0.649. The SMILES string of the molecule is Cc1cc(C2(C(=O)O)CC2)c(C)n1C1CC1. The van der Waals surface area contributed by atoms with Crippen LogP contribution in [0.5, 0.6) is 0 Å². The number of nitrogens with zero attached hydrogens (tertiary/aromatic N) is 1. The number of aliphatic carboxylic acids is 1. The van der Waals surface area contributed by atoms with Crippen molar-refractivity contribution < 1.29 is 9.90 Å². The zero-order valence-corrected chi connectivity index (χ0v) is 9.79. The number of aryl methyl sites for hydroxylation is 1. The van der Waals surface area contributed by atoms with E-state index in [1.165, 1.54) is 24.2 Å². The maximum Gasteiger partial charge on any atom is 0.314 e. The van der Waals surface area contributed by atoms with Crippen LogP contribution >= 0.6 is 0 Å². The van der Waals surface area contributed by atoms with Crippen LogP contribution in [0.3, 0.4) is 0 Å². The highest BCUT2D eigenvalue weighted by atomic mass is 16.4. The van der Waals surface area contributed by atoms with Crippen LogP contribution in [0.25, 0.3) is 0 Å². The van der Waals surface area contributed by atoms with Crippen LogP contribution < -0.4 is 0 Å². The summed E-state index contributed by atoms with van der Waals surface area (Å²) in [6.45, 7) is 4.16. The van der Waals surface area contributed by atoms with Crippen LogP contribution in [0.4, 0.5) is 0 Å². The van der Waals surface area contributed by atoms with E-state index in [-0.39, 0.29) is 0 Å². The molecule has 86 valence electrons. The monoisotopic (exact) mass is 219 g/mol. The first-order valence-electron chi connectivity index (χ1n) is 5.98. The molecule has 0 unspecified atom stereocenters. The Morgan fingerprint density at radius 2 is 2.06 bits per heavy atom. The maximum atomic E-state index is 11.3. The van der Waals surface area contributed by atoms with Crippen molar-refractivity contribution in [2.45, 2.75) is 51.0 Å². The van der Waals surface area contributed by atoms with Gasteiger partial charge < -0.3 is 9.67 Å². The number of aromatic nitrogens is 1. The molecule has 1 heterocycles. The lowest BCUT2D eigenvalue weighted by molar-refractivity contribution is -0.140. The van der Waals surface area contributed by atoms with Gasteiger partial charge in [0.25, 0.3) is 0 Å². The lowest BCUT2D eigenvalue weighted by atomic mass is 9.96. The molecule has 0 spiro atoms. The van der Waals surface area contributed by atoms with E-state index in [0.29, 0.717) is 6.04 Å². The lowest BCUT2D eigenvalue weighted by Gasteiger charge is -2.11. The quantitative estimate of drug-likeness (QED) is 0.848. The molecule has 0 radical (unpaired) electrons. The molecule has 0 bridgehead atoms. The molecule has 3 nitrogen and oxygen atoms in total. The van der Waals surface area contributed by atoms with Crippen molar-refractivity contribution in [2.75, 3.05) is 0 Å². The van der Waals surface area contributed by atoms with Gasteiger partial charge in [-0.1, -0.05) is 0 Å². The van der Waals surface area contributed by atoms with Gasteiger partial charge in [-0.25, -0.2) is 0 Å². The Bertz CT molecular complexity index is 465. The van der Waals surface area contributed by atoms with Crippen LogP contribution in [-0.4, -0.2) is 15.6 Å². The highest BCUT2D eigenvalue weighted by molar-refractivity contribution is 5.85. The van der Waals surface area contributed by atoms with E-state index < -0.39 is 11.4 Å². The van der Waals surface area contributed by atoms with E-state index in [1.54, 1.807) is 0 Å². The predicted molar refractivity (Wildman–Crippen MR) is 60.7 cm³/mol. The van der Waals surface area contributed by atoms with Gasteiger partial charge in [-0.05, 0) is 51.2 Å². The second-order valence-corrected chi connectivity index (χ2v) is 5.27. The average molecular weight is 219 g/mol. The summed E-state index contributed by atoms with van der Waals surface area (Å²) in [7, 11) is 0. The summed E-state index contributed by atoms with van der Waals surface area (Å²) in [4.78, 5) is 11.3. The molecule has 2 saturated carbocycles. The van der Waals surface area contributed by atoms with Crippen LogP contribution in [0.2, 0.25) is 0 Å². The van der Waals surface area contributed by atoms with Gasteiger partial charge in [0.2, 0.25) is 0 Å². The predicted octanol–water partition coefficient (Wildman–Crippen LogP) is 2.56. The Morgan fingerprint density at radius 1 is 1.44 bits per heavy atom. The van der Waals surface area contributed by atoms with E-state index in [4.69, 9.17) is 0 Å². The molecular weight excluding hydrogens is 202 g/mol. The lowest BCUT2D eigenvalue weighted by Crippen LogP contribution is -2.20. The molecule has 16 heavy (non-hydrogen) atoms. The van der Waals surface area contributed by atoms with Gasteiger partial charge in [-0.3, -0.25) is 4.79 Å². The molecule has 0 amide bonds. The minimum Gasteiger partial charge on any atom is -0.481 e. The van der Waals surface area contributed by atoms with Gasteiger partial charge in [0.15, 0.2) is 0 Å². The van der Waals surface area contributed by atoms with Crippen LogP contribution in [0, 0.1) is 13.8 Å². The van der Waals surface area contributed by atoms with Crippen molar-refractivity contribution in [3.05, 3.63) is 23.0 Å². The fourth-order valence-corrected chi connectivity index (χ4v) is 2.88. The van der Waals surface area contributed by atoms with Gasteiger partial charge in [0.1, 0.15) is 0 Å². The Labute approximate surface area is 95.1 Å². The second kappa shape index (κ2) is 2.90. The molecule has 2 aliphatic rings. The van der Waals surface area contributed by atoms with Crippen molar-refractivity contribution in [3.8, 4) is 0 Å². The van der Waals surface area contributed by atoms with Crippen molar-refractivity contribution in [1.29, 1.82) is 0 Å². The van der Waals surface area contributed by atoms with Gasteiger partial charge >= 0.3 is 5.97 Å². The topological polar surface area (TPSA) is 42.2 Å². The third-order valence-electron chi connectivity index (χ3n) is 4.07. The molecule has 1 aromatic rings. The summed E-state index contributed by atoms with van der Waals surface area (Å²) < 4.78 is 2.33. The number of rotatable bonds is 3. The molecule has 0 saturated heterocycles. The standard InChI is InChI=1S/C13H17NO2/c1-8-7-11(13(5-6-13)12(15)16)9(2)14(8)10-3-4-10/h7,10H,3-6H2,1-2H3,(H,15,16). The average Bonchev–Trinajstić information content (AvgIpc) is 3.10. The largest absolute Gasteiger partial charge is 0.481 e.